The second-order valence-corrected chi connectivity index (χ2v) is 5.97. The van der Waals surface area contributed by atoms with E-state index in [2.05, 4.69) is 27.7 Å². The number of ether oxygens (including phenoxy) is 2. The highest BCUT2D eigenvalue weighted by Gasteiger charge is 2.28. The summed E-state index contributed by atoms with van der Waals surface area (Å²) >= 11 is 0. The zero-order valence-electron chi connectivity index (χ0n) is 12.5. The van der Waals surface area contributed by atoms with Crippen LogP contribution in [0.5, 0.6) is 0 Å². The van der Waals surface area contributed by atoms with Crippen LogP contribution in [0.15, 0.2) is 0 Å². The minimum Gasteiger partial charge on any atom is -0.465 e. The Morgan fingerprint density at radius 2 is 1.32 bits per heavy atom. The van der Waals surface area contributed by atoms with Crippen LogP contribution in [0, 0.1) is 23.7 Å². The van der Waals surface area contributed by atoms with E-state index in [1.54, 1.807) is 0 Å². The molecule has 2 aliphatic rings. The lowest BCUT2D eigenvalue weighted by molar-refractivity contribution is -0.154. The van der Waals surface area contributed by atoms with Gasteiger partial charge in [-0.05, 0) is 31.1 Å². The van der Waals surface area contributed by atoms with Crippen molar-refractivity contribution in [1.29, 1.82) is 0 Å². The van der Waals surface area contributed by atoms with E-state index in [1.807, 2.05) is 0 Å². The van der Waals surface area contributed by atoms with Crippen molar-refractivity contribution in [3.8, 4) is 0 Å². The summed E-state index contributed by atoms with van der Waals surface area (Å²) in [6.45, 7) is 9.49. The zero-order valence-corrected chi connectivity index (χ0v) is 12.5. The van der Waals surface area contributed by atoms with Crippen molar-refractivity contribution < 1.29 is 19.1 Å². The second-order valence-electron chi connectivity index (χ2n) is 5.97. The first kappa shape index (κ1) is 16.0. The smallest absolute Gasteiger partial charge is 0.309 e. The van der Waals surface area contributed by atoms with Crippen molar-refractivity contribution >= 4 is 11.9 Å². The predicted octanol–water partition coefficient (Wildman–Crippen LogP) is 2.80. The maximum absolute atomic E-state index is 11.0. The number of hydrogen-bond donors (Lipinski definition) is 0. The number of carbonyl (C=O) groups is 2. The molecular formula is C15H26O4. The first-order valence-corrected chi connectivity index (χ1v) is 7.26. The summed E-state index contributed by atoms with van der Waals surface area (Å²) in [6, 6.07) is 0. The molecule has 2 rings (SSSR count). The normalized spacial score (nSPS) is 26.8. The van der Waals surface area contributed by atoms with Crippen molar-refractivity contribution in [1.82, 2.24) is 0 Å². The van der Waals surface area contributed by atoms with Gasteiger partial charge in [0.05, 0.1) is 25.0 Å². The molecule has 0 aromatic carbocycles. The average Bonchev–Trinajstić information content (AvgIpc) is 2.76. The van der Waals surface area contributed by atoms with Gasteiger partial charge in [-0.15, -0.1) is 0 Å². The van der Waals surface area contributed by atoms with Crippen LogP contribution in [-0.2, 0) is 19.1 Å². The summed E-state index contributed by atoms with van der Waals surface area (Å²) in [7, 11) is 0. The summed E-state index contributed by atoms with van der Waals surface area (Å²) in [5.41, 5.74) is 0. The maximum atomic E-state index is 11.0. The molecule has 2 aliphatic heterocycles. The highest BCUT2D eigenvalue weighted by molar-refractivity contribution is 5.74. The lowest BCUT2D eigenvalue weighted by Crippen LogP contribution is -2.27. The van der Waals surface area contributed by atoms with Crippen molar-refractivity contribution in [3.63, 3.8) is 0 Å². The Labute approximate surface area is 115 Å². The Morgan fingerprint density at radius 1 is 0.842 bits per heavy atom. The third-order valence-electron chi connectivity index (χ3n) is 3.79. The van der Waals surface area contributed by atoms with Crippen LogP contribution in [0.3, 0.4) is 0 Å². The van der Waals surface area contributed by atoms with E-state index in [4.69, 9.17) is 9.47 Å². The quantitative estimate of drug-likeness (QED) is 0.724. The summed E-state index contributed by atoms with van der Waals surface area (Å²) in [5.74, 6) is 1.21. The van der Waals surface area contributed by atoms with E-state index < -0.39 is 0 Å². The van der Waals surface area contributed by atoms with Crippen molar-refractivity contribution in [2.24, 2.45) is 23.7 Å². The molecule has 110 valence electrons. The minimum atomic E-state index is -0.00926. The van der Waals surface area contributed by atoms with Gasteiger partial charge in [-0.25, -0.2) is 0 Å². The lowest BCUT2D eigenvalue weighted by Gasteiger charge is -2.23. The van der Waals surface area contributed by atoms with Crippen LogP contribution in [0.2, 0.25) is 0 Å². The SMILES string of the molecule is CC(C)C1CCCOC1=O.CC(C)C1CCOC1=O. The fourth-order valence-electron chi connectivity index (χ4n) is 2.42. The van der Waals surface area contributed by atoms with Gasteiger partial charge in [-0.2, -0.15) is 0 Å². The van der Waals surface area contributed by atoms with Gasteiger partial charge in [0, 0.05) is 0 Å². The third-order valence-corrected chi connectivity index (χ3v) is 3.79. The standard InChI is InChI=1S/C8H14O2.C7H12O2/c1-6(2)7-4-3-5-10-8(7)9;1-5(2)6-3-4-9-7(6)8/h6-7H,3-5H2,1-2H3;5-6H,3-4H2,1-2H3. The fourth-order valence-corrected chi connectivity index (χ4v) is 2.42. The third kappa shape index (κ3) is 4.84. The highest BCUT2D eigenvalue weighted by atomic mass is 16.5. The molecule has 2 unspecified atom stereocenters. The molecule has 4 heteroatoms. The number of esters is 2. The number of rotatable bonds is 2. The van der Waals surface area contributed by atoms with E-state index in [0.717, 1.165) is 19.3 Å². The van der Waals surface area contributed by atoms with Crippen LogP contribution in [0.25, 0.3) is 0 Å². The number of cyclic esters (lactones) is 2. The zero-order chi connectivity index (χ0) is 14.4. The predicted molar refractivity (Wildman–Crippen MR) is 72.4 cm³/mol. The van der Waals surface area contributed by atoms with Gasteiger partial charge in [0.25, 0.3) is 0 Å². The molecule has 0 N–H and O–H groups in total. The summed E-state index contributed by atoms with van der Waals surface area (Å²) in [4.78, 5) is 21.8. The number of hydrogen-bond acceptors (Lipinski definition) is 4. The minimum absolute atomic E-state index is 0.00116. The number of carbonyl (C=O) groups excluding carboxylic acids is 2. The lowest BCUT2D eigenvalue weighted by atomic mass is 9.90. The second kappa shape index (κ2) is 7.51. The van der Waals surface area contributed by atoms with Crippen molar-refractivity contribution in [2.75, 3.05) is 13.2 Å². The average molecular weight is 270 g/mol. The van der Waals surface area contributed by atoms with Crippen molar-refractivity contribution in [2.45, 2.75) is 47.0 Å². The van der Waals surface area contributed by atoms with E-state index in [-0.39, 0.29) is 23.8 Å². The van der Waals surface area contributed by atoms with E-state index in [9.17, 15) is 9.59 Å². The molecule has 0 aliphatic carbocycles. The Balaban J connectivity index is 0.000000191. The van der Waals surface area contributed by atoms with E-state index in [0.29, 0.717) is 25.0 Å². The van der Waals surface area contributed by atoms with Crippen LogP contribution < -0.4 is 0 Å². The molecule has 0 aromatic heterocycles. The molecule has 2 fully saturated rings. The van der Waals surface area contributed by atoms with Crippen LogP contribution in [-0.4, -0.2) is 25.2 Å². The van der Waals surface area contributed by atoms with Crippen LogP contribution in [0.1, 0.15) is 47.0 Å². The first-order valence-electron chi connectivity index (χ1n) is 7.26. The van der Waals surface area contributed by atoms with E-state index in [1.165, 1.54) is 0 Å². The summed E-state index contributed by atoms with van der Waals surface area (Å²) in [6.07, 6.45) is 2.96. The molecule has 0 spiro atoms. The highest BCUT2D eigenvalue weighted by Crippen LogP contribution is 2.22. The van der Waals surface area contributed by atoms with Crippen LogP contribution in [0.4, 0.5) is 0 Å². The Morgan fingerprint density at radius 3 is 1.63 bits per heavy atom. The molecule has 0 amide bonds. The first-order chi connectivity index (χ1) is 8.93. The van der Waals surface area contributed by atoms with Gasteiger partial charge in [-0.3, -0.25) is 9.59 Å². The monoisotopic (exact) mass is 270 g/mol. The maximum Gasteiger partial charge on any atom is 0.309 e. The molecular weight excluding hydrogens is 244 g/mol. The Kier molecular flexibility index (Phi) is 6.32. The van der Waals surface area contributed by atoms with Gasteiger partial charge in [0.1, 0.15) is 0 Å². The molecule has 2 atom stereocenters. The van der Waals surface area contributed by atoms with Gasteiger partial charge in [-0.1, -0.05) is 27.7 Å². The molecule has 0 bridgehead atoms. The Bertz CT molecular complexity index is 309. The topological polar surface area (TPSA) is 52.6 Å². The Hall–Kier alpha value is -1.06. The van der Waals surface area contributed by atoms with Crippen LogP contribution >= 0.6 is 0 Å². The van der Waals surface area contributed by atoms with Gasteiger partial charge < -0.3 is 9.47 Å². The molecule has 2 heterocycles. The largest absolute Gasteiger partial charge is 0.465 e. The molecule has 4 nitrogen and oxygen atoms in total. The van der Waals surface area contributed by atoms with Gasteiger partial charge in [0.2, 0.25) is 0 Å². The van der Waals surface area contributed by atoms with Crippen molar-refractivity contribution in [3.05, 3.63) is 0 Å². The fraction of sp³-hybridized carbons (Fsp3) is 0.867. The molecule has 2 saturated heterocycles. The van der Waals surface area contributed by atoms with Gasteiger partial charge in [0.15, 0.2) is 0 Å². The molecule has 0 saturated carbocycles. The van der Waals surface area contributed by atoms with Gasteiger partial charge >= 0.3 is 11.9 Å². The van der Waals surface area contributed by atoms with E-state index >= 15 is 0 Å². The molecule has 0 aromatic rings. The molecule has 0 radical (unpaired) electrons. The molecule has 19 heavy (non-hydrogen) atoms. The summed E-state index contributed by atoms with van der Waals surface area (Å²) in [5, 5.41) is 0. The summed E-state index contributed by atoms with van der Waals surface area (Å²) < 4.78 is 9.70.